The van der Waals surface area contributed by atoms with E-state index in [2.05, 4.69) is 5.32 Å². The van der Waals surface area contributed by atoms with E-state index in [-0.39, 0.29) is 17.0 Å². The molecule has 0 saturated carbocycles. The van der Waals surface area contributed by atoms with Crippen LogP contribution >= 0.6 is 0 Å². The van der Waals surface area contributed by atoms with Crippen LogP contribution in [-0.2, 0) is 9.59 Å². The van der Waals surface area contributed by atoms with Gasteiger partial charge in [-0.1, -0.05) is 25.1 Å². The molecule has 0 aliphatic carbocycles. The van der Waals surface area contributed by atoms with Crippen LogP contribution in [0.2, 0.25) is 0 Å². The van der Waals surface area contributed by atoms with Gasteiger partial charge in [0.2, 0.25) is 0 Å². The summed E-state index contributed by atoms with van der Waals surface area (Å²) in [5, 5.41) is 2.89. The van der Waals surface area contributed by atoms with Crippen molar-refractivity contribution in [3.8, 4) is 5.75 Å². The molecule has 4 rings (SSSR count). The number of hydrogen-bond donors (Lipinski definition) is 1. The van der Waals surface area contributed by atoms with Gasteiger partial charge in [-0.15, -0.1) is 0 Å². The van der Waals surface area contributed by atoms with Crippen molar-refractivity contribution in [3.63, 3.8) is 0 Å². The second kappa shape index (κ2) is 9.01. The highest BCUT2D eigenvalue weighted by atomic mass is 19.1. The SMILES string of the molecule is CCCOc1ccc(C2=C(Nc3cccc(F)c3)C(=O)N(c3ccc(F)cc3)C2=O)cc1. The first-order chi connectivity index (χ1) is 15.5. The van der Waals surface area contributed by atoms with Crippen molar-refractivity contribution >= 4 is 28.8 Å². The average Bonchev–Trinajstić information content (AvgIpc) is 3.03. The first-order valence-electron chi connectivity index (χ1n) is 10.1. The number of benzene rings is 3. The number of amides is 2. The molecule has 0 bridgehead atoms. The highest BCUT2D eigenvalue weighted by molar-refractivity contribution is 6.46. The molecule has 0 spiro atoms. The van der Waals surface area contributed by atoms with Gasteiger partial charge < -0.3 is 10.1 Å². The maximum absolute atomic E-state index is 13.7. The largest absolute Gasteiger partial charge is 0.494 e. The fraction of sp³-hybridized carbons (Fsp3) is 0.120. The van der Waals surface area contributed by atoms with Crippen LogP contribution in [0.1, 0.15) is 18.9 Å². The van der Waals surface area contributed by atoms with Crippen LogP contribution in [-0.4, -0.2) is 18.4 Å². The highest BCUT2D eigenvalue weighted by Crippen LogP contribution is 2.34. The minimum absolute atomic E-state index is 0.00662. The van der Waals surface area contributed by atoms with Gasteiger partial charge in [0.25, 0.3) is 11.8 Å². The lowest BCUT2D eigenvalue weighted by Crippen LogP contribution is -2.32. The van der Waals surface area contributed by atoms with Crippen LogP contribution in [0.25, 0.3) is 5.57 Å². The van der Waals surface area contributed by atoms with Crippen molar-refractivity contribution in [2.45, 2.75) is 13.3 Å². The molecule has 32 heavy (non-hydrogen) atoms. The average molecular weight is 434 g/mol. The number of imide groups is 1. The molecule has 1 heterocycles. The molecular weight excluding hydrogens is 414 g/mol. The molecule has 3 aromatic carbocycles. The Labute approximate surface area is 183 Å². The van der Waals surface area contributed by atoms with E-state index in [4.69, 9.17) is 4.74 Å². The summed E-state index contributed by atoms with van der Waals surface area (Å²) in [4.78, 5) is 27.6. The molecule has 1 N–H and O–H groups in total. The van der Waals surface area contributed by atoms with E-state index in [9.17, 15) is 18.4 Å². The molecule has 1 aliphatic rings. The molecule has 1 aliphatic heterocycles. The van der Waals surface area contributed by atoms with Crippen LogP contribution in [0.4, 0.5) is 20.2 Å². The molecule has 0 atom stereocenters. The van der Waals surface area contributed by atoms with Crippen LogP contribution in [0.3, 0.4) is 0 Å². The van der Waals surface area contributed by atoms with Gasteiger partial charge in [0, 0.05) is 5.69 Å². The Morgan fingerprint density at radius 2 is 1.59 bits per heavy atom. The number of hydrogen-bond acceptors (Lipinski definition) is 4. The van der Waals surface area contributed by atoms with E-state index in [1.54, 1.807) is 30.3 Å². The Morgan fingerprint density at radius 3 is 2.25 bits per heavy atom. The van der Waals surface area contributed by atoms with Gasteiger partial charge in [0.05, 0.1) is 17.9 Å². The Balaban J connectivity index is 1.76. The molecule has 0 radical (unpaired) electrons. The Kier molecular flexibility index (Phi) is 5.98. The third-order valence-electron chi connectivity index (χ3n) is 4.88. The third kappa shape index (κ3) is 4.23. The maximum atomic E-state index is 13.7. The summed E-state index contributed by atoms with van der Waals surface area (Å²) in [6.45, 7) is 2.56. The molecule has 3 aromatic rings. The molecule has 0 unspecified atom stereocenters. The van der Waals surface area contributed by atoms with Crippen molar-refractivity contribution in [3.05, 3.63) is 95.7 Å². The van der Waals surface area contributed by atoms with Crippen molar-refractivity contribution in [2.24, 2.45) is 0 Å². The predicted octanol–water partition coefficient (Wildman–Crippen LogP) is 5.15. The van der Waals surface area contributed by atoms with Crippen molar-refractivity contribution in [2.75, 3.05) is 16.8 Å². The minimum atomic E-state index is -0.618. The molecule has 0 saturated heterocycles. The van der Waals surface area contributed by atoms with E-state index in [0.717, 1.165) is 11.3 Å². The number of ether oxygens (including phenoxy) is 1. The first-order valence-corrected chi connectivity index (χ1v) is 10.1. The molecule has 5 nitrogen and oxygen atoms in total. The second-order valence-corrected chi connectivity index (χ2v) is 7.18. The van der Waals surface area contributed by atoms with E-state index >= 15 is 0 Å². The van der Waals surface area contributed by atoms with E-state index in [1.165, 1.54) is 42.5 Å². The second-order valence-electron chi connectivity index (χ2n) is 7.18. The lowest BCUT2D eigenvalue weighted by molar-refractivity contribution is -0.120. The van der Waals surface area contributed by atoms with Crippen molar-refractivity contribution in [1.29, 1.82) is 0 Å². The van der Waals surface area contributed by atoms with Crippen molar-refractivity contribution in [1.82, 2.24) is 0 Å². The van der Waals surface area contributed by atoms with Gasteiger partial charge in [0.1, 0.15) is 23.1 Å². The number of carbonyl (C=O) groups excluding carboxylic acids is 2. The van der Waals surface area contributed by atoms with Crippen molar-refractivity contribution < 1.29 is 23.1 Å². The van der Waals surface area contributed by atoms with Gasteiger partial charge in [0.15, 0.2) is 0 Å². The molecule has 2 amide bonds. The first kappa shape index (κ1) is 21.2. The lowest BCUT2D eigenvalue weighted by Gasteiger charge is -2.15. The molecular formula is C25H20F2N2O3. The lowest BCUT2D eigenvalue weighted by atomic mass is 10.0. The van der Waals surface area contributed by atoms with E-state index in [1.807, 2.05) is 6.92 Å². The molecule has 0 fully saturated rings. The summed E-state index contributed by atoms with van der Waals surface area (Å²) in [6.07, 6.45) is 0.855. The smallest absolute Gasteiger partial charge is 0.282 e. The predicted molar refractivity (Wildman–Crippen MR) is 118 cm³/mol. The van der Waals surface area contributed by atoms with Crippen LogP contribution in [0, 0.1) is 11.6 Å². The van der Waals surface area contributed by atoms with E-state index < -0.39 is 23.4 Å². The van der Waals surface area contributed by atoms with E-state index in [0.29, 0.717) is 23.6 Å². The molecule has 0 aromatic heterocycles. The summed E-state index contributed by atoms with van der Waals surface area (Å²) in [7, 11) is 0. The van der Waals surface area contributed by atoms with Crippen LogP contribution in [0.5, 0.6) is 5.75 Å². The number of carbonyl (C=O) groups is 2. The number of nitrogens with one attached hydrogen (secondary N) is 1. The fourth-order valence-electron chi connectivity index (χ4n) is 3.39. The van der Waals surface area contributed by atoms with Gasteiger partial charge in [-0.2, -0.15) is 0 Å². The number of nitrogens with zero attached hydrogens (tertiary/aromatic N) is 1. The van der Waals surface area contributed by atoms with Gasteiger partial charge in [-0.05, 0) is 66.6 Å². The third-order valence-corrected chi connectivity index (χ3v) is 4.88. The maximum Gasteiger partial charge on any atom is 0.282 e. The zero-order valence-electron chi connectivity index (χ0n) is 17.3. The summed E-state index contributed by atoms with van der Waals surface area (Å²) in [6, 6.07) is 17.5. The fourth-order valence-corrected chi connectivity index (χ4v) is 3.39. The van der Waals surface area contributed by atoms with Crippen LogP contribution < -0.4 is 15.0 Å². The number of halogens is 2. The summed E-state index contributed by atoms with van der Waals surface area (Å²) >= 11 is 0. The monoisotopic (exact) mass is 434 g/mol. The number of anilines is 2. The summed E-state index contributed by atoms with van der Waals surface area (Å²) in [5.74, 6) is -1.51. The Bertz CT molecular complexity index is 1190. The molecule has 7 heteroatoms. The normalized spacial score (nSPS) is 13.7. The van der Waals surface area contributed by atoms with Crippen LogP contribution in [0.15, 0.2) is 78.5 Å². The zero-order chi connectivity index (χ0) is 22.7. The summed E-state index contributed by atoms with van der Waals surface area (Å²) < 4.78 is 32.7. The van der Waals surface area contributed by atoms with Gasteiger partial charge in [-0.3, -0.25) is 9.59 Å². The van der Waals surface area contributed by atoms with Gasteiger partial charge >= 0.3 is 0 Å². The highest BCUT2D eigenvalue weighted by Gasteiger charge is 2.40. The van der Waals surface area contributed by atoms with Gasteiger partial charge in [-0.25, -0.2) is 13.7 Å². The summed E-state index contributed by atoms with van der Waals surface area (Å²) in [5.41, 5.74) is 1.19. The zero-order valence-corrected chi connectivity index (χ0v) is 17.3. The standard InChI is InChI=1S/C25H20F2N2O3/c1-2-14-32-21-12-6-16(7-13-21)22-23(28-19-5-3-4-18(27)15-19)25(31)29(24(22)30)20-10-8-17(26)9-11-20/h3-13,15,28H,2,14H2,1H3. The topological polar surface area (TPSA) is 58.6 Å². The molecule has 162 valence electrons. The number of rotatable bonds is 7. The Hall–Kier alpha value is -4.00. The Morgan fingerprint density at radius 1 is 0.875 bits per heavy atom. The quantitative estimate of drug-likeness (QED) is 0.523. The minimum Gasteiger partial charge on any atom is -0.494 e.